The number of aromatic nitrogens is 1. The number of rotatable bonds is 8. The molecule has 2 N–H and O–H groups in total. The van der Waals surface area contributed by atoms with Crippen molar-refractivity contribution < 1.29 is 14.6 Å². The maximum absolute atomic E-state index is 10.6. The summed E-state index contributed by atoms with van der Waals surface area (Å²) in [6.07, 6.45) is 0. The molecule has 3 aromatic carbocycles. The minimum atomic E-state index is 0.301. The number of pyridine rings is 1. The van der Waals surface area contributed by atoms with Gasteiger partial charge in [-0.05, 0) is 54.6 Å². The van der Waals surface area contributed by atoms with Crippen molar-refractivity contribution in [2.75, 3.05) is 51.7 Å². The molecule has 0 bridgehead atoms. The number of aromatic hydroxyl groups is 1. The first kappa shape index (κ1) is 28.3. The fraction of sp³-hybridized carbons (Fsp3) is 0.345. The van der Waals surface area contributed by atoms with Crippen LogP contribution in [0.1, 0.15) is 19.4 Å². The van der Waals surface area contributed by atoms with Crippen LogP contribution in [0, 0.1) is 0 Å². The van der Waals surface area contributed by atoms with Crippen LogP contribution in [0.2, 0.25) is 5.02 Å². The van der Waals surface area contributed by atoms with Crippen molar-refractivity contribution in [1.29, 1.82) is 0 Å². The molecule has 0 aliphatic carbocycles. The van der Waals surface area contributed by atoms with Crippen LogP contribution < -0.4 is 10.1 Å². The number of phenols is 1. The number of phenolic OH excluding ortho intramolecular Hbond substituents is 1. The third kappa shape index (κ3) is 6.62. The van der Waals surface area contributed by atoms with E-state index in [1.807, 2.05) is 62.4 Å². The number of hydrogen-bond donors (Lipinski definition) is 2. The molecule has 202 valence electrons. The van der Waals surface area contributed by atoms with Gasteiger partial charge < -0.3 is 19.9 Å². The summed E-state index contributed by atoms with van der Waals surface area (Å²) in [4.78, 5) is 7.18. The van der Waals surface area contributed by atoms with Crippen molar-refractivity contribution in [3.8, 4) is 11.5 Å². The quantitative estimate of drug-likeness (QED) is 0.105. The molecule has 2 heterocycles. The Bertz CT molecular complexity index is 1380. The van der Waals surface area contributed by atoms with Crippen LogP contribution in [0.15, 0.2) is 54.6 Å². The topological polar surface area (TPSA) is 70.1 Å². The predicted molar refractivity (Wildman–Crippen MR) is 160 cm³/mol. The lowest BCUT2D eigenvalue weighted by molar-refractivity contribution is 0.184. The van der Waals surface area contributed by atoms with Gasteiger partial charge in [0.2, 0.25) is 0 Å². The molecule has 38 heavy (non-hydrogen) atoms. The van der Waals surface area contributed by atoms with Gasteiger partial charge in [0.1, 0.15) is 17.4 Å². The Balaban J connectivity index is 0.00000164. The van der Waals surface area contributed by atoms with E-state index in [0.717, 1.165) is 70.7 Å². The second kappa shape index (κ2) is 13.4. The highest BCUT2D eigenvalue weighted by molar-refractivity contribution is 7.96. The third-order valence-electron chi connectivity index (χ3n) is 6.37. The van der Waals surface area contributed by atoms with Gasteiger partial charge in [0.25, 0.3) is 0 Å². The number of piperazine rings is 1. The first-order chi connectivity index (χ1) is 18.5. The van der Waals surface area contributed by atoms with E-state index in [4.69, 9.17) is 26.1 Å². The summed E-state index contributed by atoms with van der Waals surface area (Å²) in [6.45, 7) is 8.49. The van der Waals surface area contributed by atoms with Gasteiger partial charge in [-0.2, -0.15) is 0 Å². The largest absolute Gasteiger partial charge is 0.508 e. The Morgan fingerprint density at radius 1 is 0.947 bits per heavy atom. The molecule has 1 aliphatic heterocycles. The lowest BCUT2D eigenvalue weighted by Gasteiger charge is -2.33. The number of methoxy groups -OCH3 is 2. The van der Waals surface area contributed by atoms with Gasteiger partial charge in [-0.15, -0.1) is 0 Å². The fourth-order valence-corrected chi connectivity index (χ4v) is 5.32. The first-order valence-electron chi connectivity index (χ1n) is 12.8. The lowest BCUT2D eigenvalue weighted by atomic mass is 10.1. The molecule has 0 atom stereocenters. The highest BCUT2D eigenvalue weighted by atomic mass is 35.5. The molecular formula is C29H35ClN4O3S. The average Bonchev–Trinajstić information content (AvgIpc) is 2.95. The average molecular weight is 555 g/mol. The Labute approximate surface area is 233 Å². The van der Waals surface area contributed by atoms with Crippen LogP contribution in [0.25, 0.3) is 21.8 Å². The minimum Gasteiger partial charge on any atom is -0.508 e. The number of anilines is 2. The maximum Gasteiger partial charge on any atom is 0.120 e. The van der Waals surface area contributed by atoms with Gasteiger partial charge in [-0.1, -0.05) is 37.4 Å². The standard InChI is InChI=1S/C27H29ClN4O3S.C2H6/c1-34-17-36-32-11-9-31(10-12-32)16-18-13-20(4-8-26(18)33)29-27-22-6-3-19(28)14-25(22)30-24-7-5-21(35-2)15-23(24)27;1-2/h3-8,13-15,33H,9-12,16-17H2,1-2H3,(H,29,30);1-2H3. The Morgan fingerprint density at radius 2 is 1.74 bits per heavy atom. The van der Waals surface area contributed by atoms with Gasteiger partial charge >= 0.3 is 0 Å². The lowest BCUT2D eigenvalue weighted by Crippen LogP contribution is -2.43. The van der Waals surface area contributed by atoms with E-state index in [1.165, 1.54) is 0 Å². The monoisotopic (exact) mass is 554 g/mol. The smallest absolute Gasteiger partial charge is 0.120 e. The zero-order chi connectivity index (χ0) is 27.1. The van der Waals surface area contributed by atoms with E-state index in [1.54, 1.807) is 32.2 Å². The first-order valence-corrected chi connectivity index (χ1v) is 14.1. The molecule has 9 heteroatoms. The molecule has 1 saturated heterocycles. The number of nitrogens with one attached hydrogen (secondary N) is 1. The van der Waals surface area contributed by atoms with Gasteiger partial charge in [0, 0.05) is 66.9 Å². The van der Waals surface area contributed by atoms with Gasteiger partial charge in [-0.3, -0.25) is 4.90 Å². The zero-order valence-corrected chi connectivity index (χ0v) is 23.9. The molecule has 4 aromatic rings. The summed E-state index contributed by atoms with van der Waals surface area (Å²) >= 11 is 7.99. The molecule has 1 aromatic heterocycles. The number of nitrogens with zero attached hydrogens (tertiary/aromatic N) is 3. The van der Waals surface area contributed by atoms with E-state index in [-0.39, 0.29) is 0 Å². The number of fused-ring (bicyclic) bond motifs is 2. The van der Waals surface area contributed by atoms with Crippen LogP contribution in [0.4, 0.5) is 11.4 Å². The molecule has 0 amide bonds. The van der Waals surface area contributed by atoms with E-state index in [2.05, 4.69) is 14.5 Å². The normalized spacial score (nSPS) is 14.3. The van der Waals surface area contributed by atoms with Gasteiger partial charge in [0.05, 0.1) is 23.8 Å². The molecule has 5 rings (SSSR count). The zero-order valence-electron chi connectivity index (χ0n) is 22.3. The molecule has 1 fully saturated rings. The van der Waals surface area contributed by atoms with E-state index >= 15 is 0 Å². The van der Waals surface area contributed by atoms with Crippen LogP contribution in [-0.4, -0.2) is 65.6 Å². The fourth-order valence-electron chi connectivity index (χ4n) is 4.48. The van der Waals surface area contributed by atoms with Crippen molar-refractivity contribution in [1.82, 2.24) is 14.2 Å². The van der Waals surface area contributed by atoms with Crippen LogP contribution in [0.5, 0.6) is 11.5 Å². The van der Waals surface area contributed by atoms with Crippen molar-refractivity contribution in [2.24, 2.45) is 0 Å². The molecule has 1 aliphatic rings. The summed E-state index contributed by atoms with van der Waals surface area (Å²) in [5.74, 6) is 1.73. The van der Waals surface area contributed by atoms with E-state index < -0.39 is 0 Å². The SMILES string of the molecule is CC.COCSN1CCN(Cc2cc(Nc3c4ccc(Cl)cc4nc4ccc(OC)cc34)ccc2O)CC1. The molecule has 0 radical (unpaired) electrons. The molecular weight excluding hydrogens is 520 g/mol. The van der Waals surface area contributed by atoms with Gasteiger partial charge in [-0.25, -0.2) is 9.29 Å². The van der Waals surface area contributed by atoms with Crippen LogP contribution >= 0.6 is 23.5 Å². The second-order valence-electron chi connectivity index (χ2n) is 8.74. The molecule has 7 nitrogen and oxygen atoms in total. The second-order valence-corrected chi connectivity index (χ2v) is 10.2. The molecule has 0 spiro atoms. The third-order valence-corrected chi connectivity index (χ3v) is 7.68. The van der Waals surface area contributed by atoms with E-state index in [0.29, 0.717) is 23.3 Å². The minimum absolute atomic E-state index is 0.301. The van der Waals surface area contributed by atoms with Crippen LogP contribution in [-0.2, 0) is 11.3 Å². The van der Waals surface area contributed by atoms with Crippen molar-refractivity contribution in [3.63, 3.8) is 0 Å². The summed E-state index contributed by atoms with van der Waals surface area (Å²) in [7, 11) is 3.38. The summed E-state index contributed by atoms with van der Waals surface area (Å²) in [5.41, 5.74) is 4.36. The highest BCUT2D eigenvalue weighted by Gasteiger charge is 2.19. The Kier molecular flexibility index (Phi) is 9.93. The predicted octanol–water partition coefficient (Wildman–Crippen LogP) is 6.90. The van der Waals surface area contributed by atoms with Crippen molar-refractivity contribution >= 4 is 56.7 Å². The Morgan fingerprint density at radius 3 is 2.47 bits per heavy atom. The summed E-state index contributed by atoms with van der Waals surface area (Å²) < 4.78 is 13.0. The summed E-state index contributed by atoms with van der Waals surface area (Å²) in [6, 6.07) is 17.2. The van der Waals surface area contributed by atoms with E-state index in [9.17, 15) is 5.11 Å². The summed E-state index contributed by atoms with van der Waals surface area (Å²) in [5, 5.41) is 16.8. The van der Waals surface area contributed by atoms with Gasteiger partial charge in [0.15, 0.2) is 0 Å². The highest BCUT2D eigenvalue weighted by Crippen LogP contribution is 2.37. The number of benzene rings is 3. The number of hydrogen-bond acceptors (Lipinski definition) is 8. The van der Waals surface area contributed by atoms with Crippen molar-refractivity contribution in [2.45, 2.75) is 20.4 Å². The maximum atomic E-state index is 10.6. The Hall–Kier alpha value is -2.75. The van der Waals surface area contributed by atoms with Crippen LogP contribution in [0.3, 0.4) is 0 Å². The molecule has 0 saturated carbocycles. The molecule has 0 unspecified atom stereocenters. The van der Waals surface area contributed by atoms with Crippen molar-refractivity contribution in [3.05, 3.63) is 65.2 Å². The number of ether oxygens (including phenoxy) is 2. The number of halogens is 1.